The van der Waals surface area contributed by atoms with Crippen LogP contribution in [0.5, 0.6) is 0 Å². The van der Waals surface area contributed by atoms with Crippen LogP contribution in [-0.4, -0.2) is 19.3 Å². The summed E-state index contributed by atoms with van der Waals surface area (Å²) in [6.07, 6.45) is 37.6. The summed E-state index contributed by atoms with van der Waals surface area (Å²) in [4.78, 5) is 13.6. The molecule has 2 nitrogen and oxygen atoms in total. The smallest absolute Gasteiger partial charge is 0.211 e. The minimum atomic E-state index is -1.84. The molecule has 5 heteroatoms. The molecule has 0 aliphatic heterocycles. The predicted molar refractivity (Wildman–Crippen MR) is 161 cm³/mol. The zero-order valence-electron chi connectivity index (χ0n) is 23.4. The fourth-order valence-electron chi connectivity index (χ4n) is 4.91. The number of nitrogens with zero attached hydrogens (tertiary/aromatic N) is 1. The monoisotopic (exact) mass is 547 g/mol. The van der Waals surface area contributed by atoms with Gasteiger partial charge in [-0.05, 0) is 19.0 Å². The third kappa shape index (κ3) is 34.2. The molecule has 0 heterocycles. The van der Waals surface area contributed by atoms with Crippen LogP contribution in [0.15, 0.2) is 4.99 Å². The summed E-state index contributed by atoms with van der Waals surface area (Å²) in [5.74, 6) is 0. The average Bonchev–Trinajstić information content (AvgIpc) is 2.82. The SMILES string of the molecule is C[Si](Cl)(Cl)CCCCCCCCCCCCCCCCCCCCCCCCCCCCN=C=O. The molecule has 35 heavy (non-hydrogen) atoms. The Morgan fingerprint density at radius 1 is 0.457 bits per heavy atom. The van der Waals surface area contributed by atoms with Crippen molar-refractivity contribution < 1.29 is 4.79 Å². The third-order valence-electron chi connectivity index (χ3n) is 7.20. The highest BCUT2D eigenvalue weighted by Crippen LogP contribution is 2.23. The zero-order valence-corrected chi connectivity index (χ0v) is 25.9. The molecule has 0 bridgehead atoms. The van der Waals surface area contributed by atoms with Crippen LogP contribution in [0, 0.1) is 0 Å². The fourth-order valence-corrected chi connectivity index (χ4v) is 6.59. The lowest BCUT2D eigenvalue weighted by atomic mass is 10.0. The van der Waals surface area contributed by atoms with Crippen LogP contribution in [0.2, 0.25) is 12.6 Å². The molecule has 0 saturated heterocycles. The van der Waals surface area contributed by atoms with Crippen molar-refractivity contribution in [3.8, 4) is 0 Å². The summed E-state index contributed by atoms with van der Waals surface area (Å²) < 4.78 is 0. The Balaban J connectivity index is 3.05. The summed E-state index contributed by atoms with van der Waals surface area (Å²) in [7, 11) is 0. The van der Waals surface area contributed by atoms with Gasteiger partial charge in [0.25, 0.3) is 0 Å². The van der Waals surface area contributed by atoms with Gasteiger partial charge < -0.3 is 0 Å². The first-order valence-corrected chi connectivity index (χ1v) is 20.2. The fraction of sp³-hybridized carbons (Fsp3) is 0.967. The summed E-state index contributed by atoms with van der Waals surface area (Å²) in [6.45, 7) is 0.854. The Kier molecular flexibility index (Phi) is 28.9. The van der Waals surface area contributed by atoms with E-state index in [0.29, 0.717) is 6.54 Å². The maximum atomic E-state index is 9.97. The van der Waals surface area contributed by atoms with Gasteiger partial charge in [0.1, 0.15) is 0 Å². The van der Waals surface area contributed by atoms with Crippen LogP contribution < -0.4 is 0 Å². The van der Waals surface area contributed by atoms with Gasteiger partial charge in [-0.1, -0.05) is 161 Å². The first-order valence-electron chi connectivity index (χ1n) is 15.5. The van der Waals surface area contributed by atoms with Crippen molar-refractivity contribution in [2.75, 3.05) is 6.54 Å². The molecule has 0 N–H and O–H groups in total. The molecular weight excluding hydrogens is 489 g/mol. The van der Waals surface area contributed by atoms with E-state index >= 15 is 0 Å². The number of hydrogen-bond acceptors (Lipinski definition) is 2. The second-order valence-electron chi connectivity index (χ2n) is 11.0. The molecule has 0 atom stereocenters. The summed E-state index contributed by atoms with van der Waals surface area (Å²) in [5, 5.41) is 0. The molecule has 0 radical (unpaired) electrons. The quantitative estimate of drug-likeness (QED) is 0.0300. The van der Waals surface area contributed by atoms with E-state index in [1.807, 2.05) is 6.55 Å². The molecular formula is C30H59Cl2NOSi. The van der Waals surface area contributed by atoms with Gasteiger partial charge in [-0.3, -0.25) is 0 Å². The van der Waals surface area contributed by atoms with Gasteiger partial charge in [0.2, 0.25) is 12.8 Å². The summed E-state index contributed by atoms with van der Waals surface area (Å²) >= 11 is 12.3. The lowest BCUT2D eigenvalue weighted by Gasteiger charge is -2.09. The first kappa shape index (κ1) is 35.2. The highest BCUT2D eigenvalue weighted by atomic mass is 35.7. The molecule has 0 aliphatic carbocycles. The number of carbonyl (C=O) groups excluding carboxylic acids is 1. The van der Waals surface area contributed by atoms with E-state index in [4.69, 9.17) is 22.2 Å². The van der Waals surface area contributed by atoms with Crippen molar-refractivity contribution in [2.24, 2.45) is 4.99 Å². The molecule has 0 unspecified atom stereocenters. The Labute approximate surface area is 230 Å². The molecule has 0 aliphatic rings. The van der Waals surface area contributed by atoms with E-state index in [1.54, 1.807) is 6.08 Å². The van der Waals surface area contributed by atoms with Crippen molar-refractivity contribution in [3.63, 3.8) is 0 Å². The highest BCUT2D eigenvalue weighted by Gasteiger charge is 2.19. The van der Waals surface area contributed by atoms with Gasteiger partial charge in [0.05, 0.1) is 6.54 Å². The molecule has 0 amide bonds. The molecule has 0 saturated carbocycles. The molecule has 0 aromatic rings. The second-order valence-corrected chi connectivity index (χ2v) is 19.2. The van der Waals surface area contributed by atoms with E-state index in [-0.39, 0.29) is 0 Å². The van der Waals surface area contributed by atoms with E-state index in [2.05, 4.69) is 4.99 Å². The van der Waals surface area contributed by atoms with Crippen LogP contribution in [-0.2, 0) is 4.79 Å². The number of halogens is 2. The zero-order chi connectivity index (χ0) is 25.7. The topological polar surface area (TPSA) is 29.4 Å². The van der Waals surface area contributed by atoms with Gasteiger partial charge in [0.15, 0.2) is 0 Å². The molecule has 0 aromatic carbocycles. The summed E-state index contributed by atoms with van der Waals surface area (Å²) in [6, 6.07) is 1.06. The van der Waals surface area contributed by atoms with Gasteiger partial charge >= 0.3 is 0 Å². The predicted octanol–water partition coefficient (Wildman–Crippen LogP) is 12.0. The van der Waals surface area contributed by atoms with Gasteiger partial charge in [-0.15, -0.1) is 22.2 Å². The molecule has 0 spiro atoms. The number of unbranched alkanes of at least 4 members (excludes halogenated alkanes) is 25. The Morgan fingerprint density at radius 2 is 0.686 bits per heavy atom. The van der Waals surface area contributed by atoms with Crippen molar-refractivity contribution in [3.05, 3.63) is 0 Å². The molecule has 0 fully saturated rings. The Morgan fingerprint density at radius 3 is 0.914 bits per heavy atom. The van der Waals surface area contributed by atoms with Crippen molar-refractivity contribution in [1.29, 1.82) is 0 Å². The molecule has 0 aromatic heterocycles. The number of rotatable bonds is 29. The Bertz CT molecular complexity index is 464. The van der Waals surface area contributed by atoms with Crippen molar-refractivity contribution in [2.45, 2.75) is 180 Å². The van der Waals surface area contributed by atoms with Gasteiger partial charge in [-0.2, -0.15) is 0 Å². The van der Waals surface area contributed by atoms with Gasteiger partial charge in [-0.25, -0.2) is 9.79 Å². The van der Waals surface area contributed by atoms with Gasteiger partial charge in [0, 0.05) is 0 Å². The third-order valence-corrected chi connectivity index (χ3v) is 9.57. The maximum Gasteiger partial charge on any atom is 0.248 e. The minimum Gasteiger partial charge on any atom is -0.211 e. The van der Waals surface area contributed by atoms with Crippen LogP contribution >= 0.6 is 22.2 Å². The minimum absolute atomic E-state index is 0.665. The number of isocyanates is 1. The van der Waals surface area contributed by atoms with E-state index in [1.165, 1.54) is 161 Å². The van der Waals surface area contributed by atoms with Crippen LogP contribution in [0.4, 0.5) is 0 Å². The van der Waals surface area contributed by atoms with Crippen LogP contribution in [0.3, 0.4) is 0 Å². The average molecular weight is 549 g/mol. The largest absolute Gasteiger partial charge is 0.248 e. The number of aliphatic imine (C=N–C) groups is 1. The molecule has 0 rings (SSSR count). The lowest BCUT2D eigenvalue weighted by molar-refractivity contribution is 0.515. The van der Waals surface area contributed by atoms with E-state index in [0.717, 1.165) is 12.5 Å². The lowest BCUT2D eigenvalue weighted by Crippen LogP contribution is -2.11. The van der Waals surface area contributed by atoms with Crippen LogP contribution in [0.25, 0.3) is 0 Å². The molecule has 208 valence electrons. The number of hydrogen-bond donors (Lipinski definition) is 0. The second kappa shape index (κ2) is 28.7. The first-order chi connectivity index (χ1) is 17.1. The summed E-state index contributed by atoms with van der Waals surface area (Å²) in [5.41, 5.74) is 0. The van der Waals surface area contributed by atoms with Crippen molar-refractivity contribution >= 4 is 34.9 Å². The van der Waals surface area contributed by atoms with Crippen molar-refractivity contribution in [1.82, 2.24) is 0 Å². The maximum absolute atomic E-state index is 9.97. The standard InChI is InChI=1S/C30H59Cl2NOSi/c1-35(31,32)29-27-25-23-21-19-17-15-13-11-9-7-5-3-2-4-6-8-10-12-14-16-18-20-22-24-26-28-33-30-34/h2-29H2,1H3. The highest BCUT2D eigenvalue weighted by molar-refractivity contribution is 7.44. The van der Waals surface area contributed by atoms with E-state index in [9.17, 15) is 4.79 Å². The normalized spacial score (nSPS) is 11.6. The van der Waals surface area contributed by atoms with Crippen LogP contribution in [0.1, 0.15) is 167 Å². The Hall–Kier alpha value is 0.177. The van der Waals surface area contributed by atoms with E-state index < -0.39 is 6.69 Å².